The summed E-state index contributed by atoms with van der Waals surface area (Å²) in [6.07, 6.45) is 3.67. The first kappa shape index (κ1) is 17.0. The van der Waals surface area contributed by atoms with E-state index in [1.54, 1.807) is 12.3 Å². The quantitative estimate of drug-likeness (QED) is 0.790. The molecule has 0 aliphatic carbocycles. The van der Waals surface area contributed by atoms with E-state index in [4.69, 9.17) is 4.42 Å². The predicted octanol–water partition coefficient (Wildman–Crippen LogP) is 2.03. The molecule has 1 saturated heterocycles. The van der Waals surface area contributed by atoms with Crippen LogP contribution in [0.3, 0.4) is 0 Å². The molecule has 2 heterocycles. The second-order valence-electron chi connectivity index (χ2n) is 6.60. The topological polar surface area (TPSA) is 57.5 Å². The predicted molar refractivity (Wildman–Crippen MR) is 88.1 cm³/mol. The molecule has 22 heavy (non-hydrogen) atoms. The van der Waals surface area contributed by atoms with Crippen LogP contribution >= 0.6 is 0 Å². The highest BCUT2D eigenvalue weighted by atomic mass is 16.3. The number of carbonyl (C=O) groups is 1. The fourth-order valence-corrected chi connectivity index (χ4v) is 3.09. The molecule has 0 bridgehead atoms. The third kappa shape index (κ3) is 4.34. The molecule has 0 aromatic carbocycles. The zero-order valence-electron chi connectivity index (χ0n) is 14.2. The van der Waals surface area contributed by atoms with Gasteiger partial charge < -0.3 is 20.0 Å². The molecule has 2 rings (SSSR count). The van der Waals surface area contributed by atoms with Crippen LogP contribution in [0.5, 0.6) is 0 Å². The molecule has 0 unspecified atom stereocenters. The van der Waals surface area contributed by atoms with E-state index in [9.17, 15) is 4.79 Å². The van der Waals surface area contributed by atoms with Gasteiger partial charge in [-0.3, -0.25) is 4.79 Å². The van der Waals surface area contributed by atoms with Crippen molar-refractivity contribution < 1.29 is 9.21 Å². The average Bonchev–Trinajstić information content (AvgIpc) is 2.90. The number of amides is 1. The van der Waals surface area contributed by atoms with Crippen LogP contribution in [0, 0.1) is 12.8 Å². The van der Waals surface area contributed by atoms with E-state index >= 15 is 0 Å². The average molecular weight is 307 g/mol. The van der Waals surface area contributed by atoms with Crippen molar-refractivity contribution in [3.8, 4) is 0 Å². The lowest BCUT2D eigenvalue weighted by atomic mass is 9.90. The Balaban J connectivity index is 1.63. The molecule has 124 valence electrons. The van der Waals surface area contributed by atoms with Gasteiger partial charge in [0.15, 0.2) is 5.76 Å². The molecule has 0 saturated carbocycles. The largest absolute Gasteiger partial charge is 0.459 e. The summed E-state index contributed by atoms with van der Waals surface area (Å²) < 4.78 is 5.18. The summed E-state index contributed by atoms with van der Waals surface area (Å²) >= 11 is 0. The molecule has 1 amide bonds. The van der Waals surface area contributed by atoms with Crippen molar-refractivity contribution in [3.05, 3.63) is 23.7 Å². The molecular weight excluding hydrogens is 278 g/mol. The molecule has 0 radical (unpaired) electrons. The van der Waals surface area contributed by atoms with Crippen molar-refractivity contribution in [1.82, 2.24) is 15.5 Å². The number of hydrogen-bond donors (Lipinski definition) is 2. The summed E-state index contributed by atoms with van der Waals surface area (Å²) in [6.45, 7) is 9.22. The maximum absolute atomic E-state index is 11.9. The van der Waals surface area contributed by atoms with E-state index in [0.29, 0.717) is 30.3 Å². The van der Waals surface area contributed by atoms with Gasteiger partial charge in [-0.05, 0) is 52.3 Å². The Kier molecular flexibility index (Phi) is 6.03. The SMILES string of the molecule is Cc1ccoc1C(=O)NCCCN[C@@H]1C[C@@H](C)N(C)C[C@@H]1C. The van der Waals surface area contributed by atoms with Crippen LogP contribution in [-0.2, 0) is 0 Å². The summed E-state index contributed by atoms with van der Waals surface area (Å²) in [6, 6.07) is 3.02. The summed E-state index contributed by atoms with van der Waals surface area (Å²) in [5.74, 6) is 0.969. The van der Waals surface area contributed by atoms with Gasteiger partial charge in [0.1, 0.15) is 0 Å². The first-order valence-electron chi connectivity index (χ1n) is 8.25. The lowest BCUT2D eigenvalue weighted by molar-refractivity contribution is 0.0923. The molecular formula is C17H29N3O2. The standard InChI is InChI=1S/C17H29N3O2/c1-12-6-9-22-16(12)17(21)19-8-5-7-18-15-10-14(3)20(4)11-13(15)2/h6,9,13-15,18H,5,7-8,10-11H2,1-4H3,(H,19,21)/t13-,14+,15+/m0/s1. The van der Waals surface area contributed by atoms with Crippen LogP contribution in [-0.4, -0.2) is 49.6 Å². The van der Waals surface area contributed by atoms with Gasteiger partial charge >= 0.3 is 0 Å². The second-order valence-corrected chi connectivity index (χ2v) is 6.60. The maximum Gasteiger partial charge on any atom is 0.287 e. The molecule has 1 aliphatic heterocycles. The third-order valence-electron chi connectivity index (χ3n) is 4.72. The number of furan rings is 1. The van der Waals surface area contributed by atoms with Crippen LogP contribution in [0.1, 0.15) is 42.8 Å². The van der Waals surface area contributed by atoms with Gasteiger partial charge in [0.2, 0.25) is 0 Å². The number of hydrogen-bond acceptors (Lipinski definition) is 4. The van der Waals surface area contributed by atoms with Crippen LogP contribution in [0.25, 0.3) is 0 Å². The molecule has 0 spiro atoms. The lowest BCUT2D eigenvalue weighted by Gasteiger charge is -2.40. The molecule has 2 N–H and O–H groups in total. The molecule has 5 heteroatoms. The number of aryl methyl sites for hydroxylation is 1. The van der Waals surface area contributed by atoms with E-state index < -0.39 is 0 Å². The minimum atomic E-state index is -0.121. The zero-order valence-corrected chi connectivity index (χ0v) is 14.2. The summed E-state index contributed by atoms with van der Waals surface area (Å²) in [7, 11) is 2.20. The summed E-state index contributed by atoms with van der Waals surface area (Å²) in [4.78, 5) is 14.3. The van der Waals surface area contributed by atoms with Crippen molar-refractivity contribution >= 4 is 5.91 Å². The van der Waals surface area contributed by atoms with Crippen LogP contribution in [0.15, 0.2) is 16.7 Å². The third-order valence-corrected chi connectivity index (χ3v) is 4.72. The number of carbonyl (C=O) groups excluding carboxylic acids is 1. The normalized spacial score (nSPS) is 26.1. The van der Waals surface area contributed by atoms with Crippen LogP contribution in [0.4, 0.5) is 0 Å². The van der Waals surface area contributed by atoms with E-state index in [0.717, 1.165) is 25.1 Å². The number of rotatable bonds is 6. The van der Waals surface area contributed by atoms with Crippen molar-refractivity contribution in [2.24, 2.45) is 5.92 Å². The number of nitrogens with one attached hydrogen (secondary N) is 2. The van der Waals surface area contributed by atoms with E-state index in [1.807, 2.05) is 6.92 Å². The minimum Gasteiger partial charge on any atom is -0.459 e. The lowest BCUT2D eigenvalue weighted by Crippen LogP contribution is -2.51. The Labute approximate surface area is 133 Å². The van der Waals surface area contributed by atoms with Gasteiger partial charge in [-0.15, -0.1) is 0 Å². The highest BCUT2D eigenvalue weighted by Gasteiger charge is 2.28. The summed E-state index contributed by atoms with van der Waals surface area (Å²) in [5, 5.41) is 6.55. The Morgan fingerprint density at radius 1 is 1.41 bits per heavy atom. The van der Waals surface area contributed by atoms with Crippen LogP contribution in [0.2, 0.25) is 0 Å². The number of likely N-dealkylation sites (tertiary alicyclic amines) is 1. The van der Waals surface area contributed by atoms with E-state index in [-0.39, 0.29) is 5.91 Å². The molecule has 5 nitrogen and oxygen atoms in total. The number of nitrogens with zero attached hydrogens (tertiary/aromatic N) is 1. The molecule has 1 aliphatic rings. The maximum atomic E-state index is 11.9. The fraction of sp³-hybridized carbons (Fsp3) is 0.706. The Morgan fingerprint density at radius 3 is 2.86 bits per heavy atom. The van der Waals surface area contributed by atoms with E-state index in [2.05, 4.69) is 36.4 Å². The highest BCUT2D eigenvalue weighted by Crippen LogP contribution is 2.20. The van der Waals surface area contributed by atoms with Gasteiger partial charge in [-0.2, -0.15) is 0 Å². The Bertz CT molecular complexity index is 486. The van der Waals surface area contributed by atoms with Gasteiger partial charge in [0.05, 0.1) is 6.26 Å². The smallest absolute Gasteiger partial charge is 0.287 e. The van der Waals surface area contributed by atoms with Gasteiger partial charge in [0.25, 0.3) is 5.91 Å². The summed E-state index contributed by atoms with van der Waals surface area (Å²) in [5.41, 5.74) is 0.879. The first-order chi connectivity index (χ1) is 10.5. The zero-order chi connectivity index (χ0) is 16.1. The fourth-order valence-electron chi connectivity index (χ4n) is 3.09. The first-order valence-corrected chi connectivity index (χ1v) is 8.25. The van der Waals surface area contributed by atoms with Gasteiger partial charge in [0, 0.05) is 30.7 Å². The van der Waals surface area contributed by atoms with Crippen molar-refractivity contribution in [2.45, 2.75) is 45.7 Å². The van der Waals surface area contributed by atoms with Crippen LogP contribution < -0.4 is 10.6 Å². The van der Waals surface area contributed by atoms with Crippen molar-refractivity contribution in [3.63, 3.8) is 0 Å². The molecule has 1 aromatic rings. The van der Waals surface area contributed by atoms with E-state index in [1.165, 1.54) is 6.42 Å². The number of piperidine rings is 1. The Morgan fingerprint density at radius 2 is 2.18 bits per heavy atom. The van der Waals surface area contributed by atoms with Crippen molar-refractivity contribution in [2.75, 3.05) is 26.7 Å². The monoisotopic (exact) mass is 307 g/mol. The molecule has 3 atom stereocenters. The van der Waals surface area contributed by atoms with Gasteiger partial charge in [-0.25, -0.2) is 0 Å². The molecule has 1 aromatic heterocycles. The van der Waals surface area contributed by atoms with Gasteiger partial charge in [-0.1, -0.05) is 6.92 Å². The van der Waals surface area contributed by atoms with Crippen molar-refractivity contribution in [1.29, 1.82) is 0 Å². The second kappa shape index (κ2) is 7.79. The highest BCUT2D eigenvalue weighted by molar-refractivity contribution is 5.92. The Hall–Kier alpha value is -1.33. The minimum absolute atomic E-state index is 0.121. The molecule has 1 fully saturated rings.